The summed E-state index contributed by atoms with van der Waals surface area (Å²) in [4.78, 5) is 4.38. The van der Waals surface area contributed by atoms with Crippen LogP contribution in [-0.4, -0.2) is 23.2 Å². The minimum absolute atomic E-state index is 0.0403. The van der Waals surface area contributed by atoms with Crippen LogP contribution in [0.1, 0.15) is 16.8 Å². The number of nitrogens with zero attached hydrogens (tertiary/aromatic N) is 3. The van der Waals surface area contributed by atoms with E-state index < -0.39 is 10.1 Å². The fourth-order valence-corrected chi connectivity index (χ4v) is 3.41. The Morgan fingerprint density at radius 2 is 1.74 bits per heavy atom. The van der Waals surface area contributed by atoms with Gasteiger partial charge in [-0.15, -0.1) is 0 Å². The molecule has 2 aromatic heterocycles. The Morgan fingerprint density at radius 3 is 2.39 bits per heavy atom. The monoisotopic (exact) mass is 331 g/mol. The maximum Gasteiger partial charge on any atom is 0.340 e. The highest BCUT2D eigenvalue weighted by molar-refractivity contribution is 7.87. The molecule has 23 heavy (non-hydrogen) atoms. The Kier molecular flexibility index (Phi) is 3.60. The van der Waals surface area contributed by atoms with Gasteiger partial charge >= 0.3 is 10.1 Å². The maximum atomic E-state index is 12.4. The highest BCUT2D eigenvalue weighted by Crippen LogP contribution is 2.25. The Bertz CT molecular complexity index is 990. The Hall–Kier alpha value is -2.41. The average molecular weight is 331 g/mol. The fourth-order valence-electron chi connectivity index (χ4n) is 2.54. The van der Waals surface area contributed by atoms with Gasteiger partial charge in [0.2, 0.25) is 5.88 Å². The summed E-state index contributed by atoms with van der Waals surface area (Å²) >= 11 is 0. The number of hydrogen-bond acceptors (Lipinski definition) is 5. The second-order valence-electron chi connectivity index (χ2n) is 5.54. The molecule has 0 aliphatic carbocycles. The van der Waals surface area contributed by atoms with Gasteiger partial charge in [-0.1, -0.05) is 17.7 Å². The molecule has 7 heteroatoms. The standard InChI is InChI=1S/C16H17N3O3S/c1-10-5-7-13(8-6-10)23(20,21)22-14-9-11(2)15-12(3)18-19(4)16(15)17-14/h5-9H,1-4H3. The minimum atomic E-state index is -3.91. The Labute approximate surface area is 134 Å². The predicted molar refractivity (Wildman–Crippen MR) is 87.0 cm³/mol. The minimum Gasteiger partial charge on any atom is -0.358 e. The summed E-state index contributed by atoms with van der Waals surface area (Å²) in [5.74, 6) is 0.0403. The van der Waals surface area contributed by atoms with Crippen LogP contribution in [0.15, 0.2) is 35.2 Å². The van der Waals surface area contributed by atoms with Crippen LogP contribution in [0, 0.1) is 20.8 Å². The lowest BCUT2D eigenvalue weighted by Gasteiger charge is -2.08. The van der Waals surface area contributed by atoms with Crippen molar-refractivity contribution in [3.8, 4) is 5.88 Å². The molecule has 0 unspecified atom stereocenters. The van der Waals surface area contributed by atoms with Crippen LogP contribution in [0.4, 0.5) is 0 Å². The lowest BCUT2D eigenvalue weighted by molar-refractivity contribution is 0.476. The summed E-state index contributed by atoms with van der Waals surface area (Å²) < 4.78 is 31.5. The first-order valence-corrected chi connectivity index (χ1v) is 8.51. The smallest absolute Gasteiger partial charge is 0.340 e. The average Bonchev–Trinajstić information content (AvgIpc) is 2.74. The number of rotatable bonds is 3. The molecule has 0 fully saturated rings. The van der Waals surface area contributed by atoms with E-state index in [0.717, 1.165) is 22.2 Å². The maximum absolute atomic E-state index is 12.4. The van der Waals surface area contributed by atoms with Gasteiger partial charge in [-0.3, -0.25) is 4.68 Å². The molecule has 120 valence electrons. The van der Waals surface area contributed by atoms with Crippen LogP contribution in [-0.2, 0) is 17.2 Å². The number of benzene rings is 1. The molecule has 0 saturated heterocycles. The molecule has 0 radical (unpaired) electrons. The molecule has 0 N–H and O–H groups in total. The topological polar surface area (TPSA) is 74.1 Å². The number of pyridine rings is 1. The highest BCUT2D eigenvalue weighted by atomic mass is 32.2. The molecule has 1 aromatic carbocycles. The molecule has 0 aliphatic heterocycles. The second kappa shape index (κ2) is 5.34. The lowest BCUT2D eigenvalue weighted by atomic mass is 10.2. The van der Waals surface area contributed by atoms with Crippen LogP contribution in [0.5, 0.6) is 5.88 Å². The zero-order chi connectivity index (χ0) is 16.8. The largest absolute Gasteiger partial charge is 0.358 e. The molecule has 3 rings (SSSR count). The van der Waals surface area contributed by atoms with E-state index in [1.165, 1.54) is 12.1 Å². The van der Waals surface area contributed by atoms with Gasteiger partial charge in [0, 0.05) is 18.5 Å². The van der Waals surface area contributed by atoms with Crippen molar-refractivity contribution in [1.82, 2.24) is 14.8 Å². The van der Waals surface area contributed by atoms with E-state index in [0.29, 0.717) is 5.65 Å². The highest BCUT2D eigenvalue weighted by Gasteiger charge is 2.19. The molecular weight excluding hydrogens is 314 g/mol. The van der Waals surface area contributed by atoms with E-state index >= 15 is 0 Å². The van der Waals surface area contributed by atoms with E-state index in [1.807, 2.05) is 20.8 Å². The van der Waals surface area contributed by atoms with Crippen molar-refractivity contribution in [3.05, 3.63) is 47.2 Å². The van der Waals surface area contributed by atoms with Gasteiger partial charge < -0.3 is 4.18 Å². The van der Waals surface area contributed by atoms with Crippen LogP contribution in [0.3, 0.4) is 0 Å². The van der Waals surface area contributed by atoms with E-state index in [2.05, 4.69) is 10.1 Å². The molecule has 0 atom stereocenters. The van der Waals surface area contributed by atoms with E-state index in [-0.39, 0.29) is 10.8 Å². The van der Waals surface area contributed by atoms with Crippen molar-refractivity contribution in [2.75, 3.05) is 0 Å². The van der Waals surface area contributed by atoms with Gasteiger partial charge in [0.25, 0.3) is 0 Å². The van der Waals surface area contributed by atoms with Crippen LogP contribution >= 0.6 is 0 Å². The summed E-state index contributed by atoms with van der Waals surface area (Å²) in [5.41, 5.74) is 3.29. The molecule has 0 aliphatic rings. The van der Waals surface area contributed by atoms with Crippen molar-refractivity contribution in [1.29, 1.82) is 0 Å². The number of fused-ring (bicyclic) bond motifs is 1. The molecule has 0 saturated carbocycles. The quantitative estimate of drug-likeness (QED) is 0.690. The normalized spacial score (nSPS) is 11.8. The summed E-state index contributed by atoms with van der Waals surface area (Å²) in [6, 6.07) is 8.10. The third-order valence-electron chi connectivity index (χ3n) is 3.65. The second-order valence-corrected chi connectivity index (χ2v) is 7.08. The van der Waals surface area contributed by atoms with Crippen LogP contribution < -0.4 is 4.18 Å². The van der Waals surface area contributed by atoms with Gasteiger partial charge in [-0.25, -0.2) is 0 Å². The Morgan fingerprint density at radius 1 is 1.09 bits per heavy atom. The molecule has 0 spiro atoms. The zero-order valence-corrected chi connectivity index (χ0v) is 14.2. The summed E-state index contributed by atoms with van der Waals surface area (Å²) in [6.45, 7) is 5.66. The first kappa shape index (κ1) is 15.5. The zero-order valence-electron chi connectivity index (χ0n) is 13.4. The summed E-state index contributed by atoms with van der Waals surface area (Å²) in [5, 5.41) is 5.22. The number of aryl methyl sites for hydroxylation is 4. The van der Waals surface area contributed by atoms with Crippen LogP contribution in [0.2, 0.25) is 0 Å². The molecule has 6 nitrogen and oxygen atoms in total. The predicted octanol–water partition coefficient (Wildman–Crippen LogP) is 2.66. The van der Waals surface area contributed by atoms with Crippen molar-refractivity contribution in [3.63, 3.8) is 0 Å². The van der Waals surface area contributed by atoms with Gasteiger partial charge in [-0.2, -0.15) is 18.5 Å². The van der Waals surface area contributed by atoms with Crippen molar-refractivity contribution >= 4 is 21.2 Å². The molecule has 3 aromatic rings. The lowest BCUT2D eigenvalue weighted by Crippen LogP contribution is -2.11. The third kappa shape index (κ3) is 2.79. The van der Waals surface area contributed by atoms with Gasteiger partial charge in [0.05, 0.1) is 5.69 Å². The molecule has 0 amide bonds. The molecular formula is C16H17N3O3S. The van der Waals surface area contributed by atoms with Crippen molar-refractivity contribution < 1.29 is 12.6 Å². The van der Waals surface area contributed by atoms with E-state index in [4.69, 9.17) is 4.18 Å². The third-order valence-corrected chi connectivity index (χ3v) is 4.89. The fraction of sp³-hybridized carbons (Fsp3) is 0.250. The number of hydrogen-bond donors (Lipinski definition) is 0. The van der Waals surface area contributed by atoms with E-state index in [1.54, 1.807) is 29.9 Å². The first-order chi connectivity index (χ1) is 10.8. The summed E-state index contributed by atoms with van der Waals surface area (Å²) in [7, 11) is -2.15. The van der Waals surface area contributed by atoms with Gasteiger partial charge in [0.1, 0.15) is 4.90 Å². The number of aromatic nitrogens is 3. The SMILES string of the molecule is Cc1ccc(S(=O)(=O)Oc2cc(C)c3c(C)nn(C)c3n2)cc1. The Balaban J connectivity index is 2.04. The summed E-state index contributed by atoms with van der Waals surface area (Å²) in [6.07, 6.45) is 0. The van der Waals surface area contributed by atoms with Gasteiger partial charge in [-0.05, 0) is 38.5 Å². The van der Waals surface area contributed by atoms with Gasteiger partial charge in [0.15, 0.2) is 5.65 Å². The van der Waals surface area contributed by atoms with E-state index in [9.17, 15) is 8.42 Å². The first-order valence-electron chi connectivity index (χ1n) is 7.10. The molecule has 2 heterocycles. The molecule has 0 bridgehead atoms. The van der Waals surface area contributed by atoms with Crippen molar-refractivity contribution in [2.24, 2.45) is 7.05 Å². The van der Waals surface area contributed by atoms with Crippen LogP contribution in [0.25, 0.3) is 11.0 Å². The van der Waals surface area contributed by atoms with Crippen molar-refractivity contribution in [2.45, 2.75) is 25.7 Å².